The van der Waals surface area contributed by atoms with Crippen molar-refractivity contribution in [2.75, 3.05) is 0 Å². The summed E-state index contributed by atoms with van der Waals surface area (Å²) in [4.78, 5) is 11.5. The van der Waals surface area contributed by atoms with Crippen LogP contribution in [0.5, 0.6) is 0 Å². The second kappa shape index (κ2) is 4.20. The van der Waals surface area contributed by atoms with E-state index in [1.807, 2.05) is 19.1 Å². The molecule has 2 heterocycles. The number of aromatic amines is 1. The van der Waals surface area contributed by atoms with Gasteiger partial charge in [0.15, 0.2) is 5.82 Å². The second-order valence-corrected chi connectivity index (χ2v) is 4.39. The highest BCUT2D eigenvalue weighted by Crippen LogP contribution is 2.15. The molecular formula is C10H8BrN3S. The lowest BCUT2D eigenvalue weighted by atomic mass is 10.2. The van der Waals surface area contributed by atoms with Crippen LogP contribution in [0.2, 0.25) is 0 Å². The summed E-state index contributed by atoms with van der Waals surface area (Å²) in [5, 5.41) is 0. The predicted octanol–water partition coefficient (Wildman–Crippen LogP) is 3.27. The van der Waals surface area contributed by atoms with E-state index < -0.39 is 0 Å². The minimum atomic E-state index is 0.628. The van der Waals surface area contributed by atoms with Gasteiger partial charge in [0, 0.05) is 12.4 Å². The van der Waals surface area contributed by atoms with Crippen molar-refractivity contribution in [3.05, 3.63) is 39.2 Å². The van der Waals surface area contributed by atoms with Crippen molar-refractivity contribution in [3.63, 3.8) is 0 Å². The average molecular weight is 282 g/mol. The number of rotatable bonds is 1. The lowest BCUT2D eigenvalue weighted by Crippen LogP contribution is -1.92. The number of halogens is 1. The van der Waals surface area contributed by atoms with Gasteiger partial charge in [-0.3, -0.25) is 4.98 Å². The highest BCUT2D eigenvalue weighted by Gasteiger charge is 2.02. The average Bonchev–Trinajstić information content (AvgIpc) is 2.22. The molecule has 2 rings (SSSR count). The van der Waals surface area contributed by atoms with E-state index in [2.05, 4.69) is 30.9 Å². The van der Waals surface area contributed by atoms with Crippen molar-refractivity contribution in [3.8, 4) is 11.5 Å². The number of aromatic nitrogens is 3. The molecule has 0 aromatic carbocycles. The largest absolute Gasteiger partial charge is 0.329 e. The smallest absolute Gasteiger partial charge is 0.157 e. The van der Waals surface area contributed by atoms with Crippen LogP contribution in [0.3, 0.4) is 0 Å². The number of nitrogens with one attached hydrogen (secondary N) is 1. The highest BCUT2D eigenvalue weighted by molar-refractivity contribution is 9.10. The zero-order valence-electron chi connectivity index (χ0n) is 7.99. The van der Waals surface area contributed by atoms with Crippen molar-refractivity contribution in [1.82, 2.24) is 15.0 Å². The molecule has 3 nitrogen and oxygen atoms in total. The normalized spacial score (nSPS) is 10.3. The Morgan fingerprint density at radius 2 is 2.20 bits per heavy atom. The van der Waals surface area contributed by atoms with Crippen molar-refractivity contribution >= 4 is 28.1 Å². The summed E-state index contributed by atoms with van der Waals surface area (Å²) in [5.74, 6) is 0.687. The number of hydrogen-bond acceptors (Lipinski definition) is 3. The molecule has 0 aliphatic carbocycles. The first-order chi connectivity index (χ1) is 7.16. The van der Waals surface area contributed by atoms with Crippen molar-refractivity contribution in [2.24, 2.45) is 0 Å². The van der Waals surface area contributed by atoms with Gasteiger partial charge in [-0.25, -0.2) is 4.98 Å². The minimum Gasteiger partial charge on any atom is -0.329 e. The van der Waals surface area contributed by atoms with E-state index in [4.69, 9.17) is 12.2 Å². The number of pyridine rings is 1. The van der Waals surface area contributed by atoms with Gasteiger partial charge in [-0.15, -0.1) is 0 Å². The van der Waals surface area contributed by atoms with Crippen LogP contribution in [-0.2, 0) is 0 Å². The van der Waals surface area contributed by atoms with E-state index in [-0.39, 0.29) is 0 Å². The Hall–Kier alpha value is -1.07. The van der Waals surface area contributed by atoms with Gasteiger partial charge in [-0.2, -0.15) is 0 Å². The summed E-state index contributed by atoms with van der Waals surface area (Å²) in [6.45, 7) is 2.01. The molecule has 5 heteroatoms. The minimum absolute atomic E-state index is 0.628. The highest BCUT2D eigenvalue weighted by atomic mass is 79.9. The Morgan fingerprint density at radius 1 is 1.40 bits per heavy atom. The van der Waals surface area contributed by atoms with Crippen LogP contribution in [0.15, 0.2) is 29.0 Å². The molecule has 2 aromatic rings. The van der Waals surface area contributed by atoms with Crippen molar-refractivity contribution in [2.45, 2.75) is 6.92 Å². The monoisotopic (exact) mass is 281 g/mol. The molecule has 0 aliphatic rings. The number of nitrogens with zero attached hydrogens (tertiary/aromatic N) is 2. The fraction of sp³-hybridized carbons (Fsp3) is 0.100. The number of hydrogen-bond donors (Lipinski definition) is 1. The molecular weight excluding hydrogens is 274 g/mol. The summed E-state index contributed by atoms with van der Waals surface area (Å²) in [6, 6.07) is 3.90. The molecule has 15 heavy (non-hydrogen) atoms. The van der Waals surface area contributed by atoms with E-state index in [9.17, 15) is 0 Å². The Kier molecular flexibility index (Phi) is 2.93. The van der Waals surface area contributed by atoms with Crippen LogP contribution < -0.4 is 0 Å². The Balaban J connectivity index is 2.55. The van der Waals surface area contributed by atoms with Gasteiger partial charge in [0.2, 0.25) is 0 Å². The topological polar surface area (TPSA) is 41.6 Å². The molecule has 0 unspecified atom stereocenters. The van der Waals surface area contributed by atoms with E-state index in [1.54, 1.807) is 12.4 Å². The standard InChI is InChI=1S/C10H8BrN3S/c1-6-2-3-12-8(4-6)9-13-5-7(11)10(15)14-9/h2-5H,1H3,(H,13,14,15). The molecule has 2 aromatic heterocycles. The van der Waals surface area contributed by atoms with Crippen LogP contribution >= 0.6 is 28.1 Å². The molecule has 0 spiro atoms. The lowest BCUT2D eigenvalue weighted by molar-refractivity contribution is 1.11. The molecule has 0 saturated carbocycles. The van der Waals surface area contributed by atoms with Crippen LogP contribution in [0.4, 0.5) is 0 Å². The maximum absolute atomic E-state index is 5.10. The number of aryl methyl sites for hydroxylation is 1. The van der Waals surface area contributed by atoms with Gasteiger partial charge in [0.05, 0.1) is 4.47 Å². The fourth-order valence-corrected chi connectivity index (χ4v) is 1.53. The molecule has 0 amide bonds. The van der Waals surface area contributed by atoms with E-state index in [1.165, 1.54) is 0 Å². The third-order valence-electron chi connectivity index (χ3n) is 1.91. The predicted molar refractivity (Wildman–Crippen MR) is 65.1 cm³/mol. The zero-order chi connectivity index (χ0) is 10.8. The Bertz CT molecular complexity index is 550. The van der Waals surface area contributed by atoms with Gasteiger partial charge in [-0.05, 0) is 40.5 Å². The van der Waals surface area contributed by atoms with Crippen molar-refractivity contribution < 1.29 is 0 Å². The summed E-state index contributed by atoms with van der Waals surface area (Å²) >= 11 is 8.40. The van der Waals surface area contributed by atoms with E-state index >= 15 is 0 Å². The third-order valence-corrected chi connectivity index (χ3v) is 3.10. The third kappa shape index (κ3) is 2.30. The summed E-state index contributed by atoms with van der Waals surface area (Å²) in [6.07, 6.45) is 3.43. The first kappa shape index (κ1) is 10.4. The molecule has 0 fully saturated rings. The Labute approximate surface area is 101 Å². The molecule has 1 N–H and O–H groups in total. The van der Waals surface area contributed by atoms with Gasteiger partial charge in [-0.1, -0.05) is 12.2 Å². The van der Waals surface area contributed by atoms with Gasteiger partial charge in [0.1, 0.15) is 10.3 Å². The maximum Gasteiger partial charge on any atom is 0.157 e. The van der Waals surface area contributed by atoms with Gasteiger partial charge < -0.3 is 4.98 Å². The number of H-pyrrole nitrogens is 1. The summed E-state index contributed by atoms with van der Waals surface area (Å²) in [5.41, 5.74) is 1.94. The molecule has 0 saturated heterocycles. The maximum atomic E-state index is 5.10. The first-order valence-corrected chi connectivity index (χ1v) is 5.55. The molecule has 76 valence electrons. The summed E-state index contributed by atoms with van der Waals surface area (Å²) in [7, 11) is 0. The fourth-order valence-electron chi connectivity index (χ4n) is 1.18. The second-order valence-electron chi connectivity index (χ2n) is 3.13. The lowest BCUT2D eigenvalue weighted by Gasteiger charge is -2.01. The van der Waals surface area contributed by atoms with E-state index in [0.717, 1.165) is 15.7 Å². The SMILES string of the molecule is Cc1ccnc(-c2ncc(Br)c(=S)[nH]2)c1. The molecule has 0 bridgehead atoms. The molecule has 0 radical (unpaired) electrons. The van der Waals surface area contributed by atoms with Crippen molar-refractivity contribution in [1.29, 1.82) is 0 Å². The Morgan fingerprint density at radius 3 is 2.87 bits per heavy atom. The summed E-state index contributed by atoms with van der Waals surface area (Å²) < 4.78 is 1.41. The van der Waals surface area contributed by atoms with Gasteiger partial charge in [0.25, 0.3) is 0 Å². The molecule has 0 atom stereocenters. The van der Waals surface area contributed by atoms with E-state index in [0.29, 0.717) is 10.5 Å². The van der Waals surface area contributed by atoms with Crippen LogP contribution in [0.25, 0.3) is 11.5 Å². The van der Waals surface area contributed by atoms with Gasteiger partial charge >= 0.3 is 0 Å². The van der Waals surface area contributed by atoms with Crippen LogP contribution in [-0.4, -0.2) is 15.0 Å². The quantitative estimate of drug-likeness (QED) is 0.816. The first-order valence-electron chi connectivity index (χ1n) is 4.34. The van der Waals surface area contributed by atoms with Crippen LogP contribution in [0, 0.1) is 11.6 Å². The zero-order valence-corrected chi connectivity index (χ0v) is 10.4. The molecule has 0 aliphatic heterocycles. The van der Waals surface area contributed by atoms with Crippen LogP contribution in [0.1, 0.15) is 5.56 Å².